The third-order valence-corrected chi connectivity index (χ3v) is 6.10. The average Bonchev–Trinajstić information content (AvgIpc) is 2.74. The van der Waals surface area contributed by atoms with Gasteiger partial charge >= 0.3 is 0 Å². The van der Waals surface area contributed by atoms with E-state index in [9.17, 15) is 4.79 Å². The lowest BCUT2D eigenvalue weighted by molar-refractivity contribution is 0.0581. The minimum atomic E-state index is 0.0717. The Labute approximate surface area is 178 Å². The summed E-state index contributed by atoms with van der Waals surface area (Å²) in [6, 6.07) is 11.6. The molecule has 1 fully saturated rings. The summed E-state index contributed by atoms with van der Waals surface area (Å²) in [6.45, 7) is 10.7. The van der Waals surface area contributed by atoms with Gasteiger partial charge in [-0.2, -0.15) is 0 Å². The number of nitrogens with zero attached hydrogens (tertiary/aromatic N) is 2. The molecule has 3 rings (SSSR count). The third kappa shape index (κ3) is 4.92. The van der Waals surface area contributed by atoms with Gasteiger partial charge in [-0.3, -0.25) is 9.69 Å². The monoisotopic (exact) mass is 415 g/mol. The highest BCUT2D eigenvalue weighted by molar-refractivity contribution is 6.30. The minimum absolute atomic E-state index is 0.0717. The zero-order chi connectivity index (χ0) is 21.0. The number of carbonyl (C=O) groups excluding carboxylic acids is 1. The molecule has 1 amide bonds. The highest BCUT2D eigenvalue weighted by atomic mass is 35.5. The number of rotatable bonds is 6. The number of benzene rings is 2. The lowest BCUT2D eigenvalue weighted by Gasteiger charge is -2.39. The second-order valence-electron chi connectivity index (χ2n) is 7.55. The molecule has 6 heteroatoms. The van der Waals surface area contributed by atoms with Crippen LogP contribution in [0.5, 0.6) is 5.75 Å². The van der Waals surface area contributed by atoms with Crippen LogP contribution in [0.15, 0.2) is 36.4 Å². The van der Waals surface area contributed by atoms with Crippen molar-refractivity contribution < 1.29 is 9.53 Å². The van der Waals surface area contributed by atoms with Crippen LogP contribution in [0.25, 0.3) is 0 Å². The van der Waals surface area contributed by atoms with Crippen molar-refractivity contribution in [2.45, 2.75) is 26.8 Å². The van der Waals surface area contributed by atoms with Gasteiger partial charge in [-0.05, 0) is 67.8 Å². The lowest BCUT2D eigenvalue weighted by Crippen LogP contribution is -2.49. The van der Waals surface area contributed by atoms with Gasteiger partial charge in [-0.1, -0.05) is 17.7 Å². The molecule has 0 radical (unpaired) electrons. The van der Waals surface area contributed by atoms with Crippen LogP contribution in [0.2, 0.25) is 5.02 Å². The van der Waals surface area contributed by atoms with Crippen LogP contribution in [0.4, 0.5) is 0 Å². The van der Waals surface area contributed by atoms with E-state index in [2.05, 4.69) is 31.7 Å². The van der Waals surface area contributed by atoms with Gasteiger partial charge in [0.25, 0.3) is 5.91 Å². The minimum Gasteiger partial charge on any atom is -0.492 e. The van der Waals surface area contributed by atoms with E-state index in [1.54, 1.807) is 24.3 Å². The SMILES string of the molecule is Cc1c(OCCN)ccc(C(C)N2CCN(C(=O)c3ccc(Cl)cc3)CC2)c1C. The molecule has 0 spiro atoms. The molecule has 0 aliphatic carbocycles. The van der Waals surface area contributed by atoms with Gasteiger partial charge in [-0.15, -0.1) is 0 Å². The van der Waals surface area contributed by atoms with Crippen molar-refractivity contribution >= 4 is 17.5 Å². The summed E-state index contributed by atoms with van der Waals surface area (Å²) < 4.78 is 5.75. The molecule has 1 aliphatic rings. The molecule has 0 aromatic heterocycles. The second-order valence-corrected chi connectivity index (χ2v) is 7.99. The molecule has 2 aromatic carbocycles. The van der Waals surface area contributed by atoms with E-state index in [0.29, 0.717) is 23.7 Å². The summed E-state index contributed by atoms with van der Waals surface area (Å²) in [6.07, 6.45) is 0. The summed E-state index contributed by atoms with van der Waals surface area (Å²) in [5.41, 5.74) is 9.97. The highest BCUT2D eigenvalue weighted by Gasteiger charge is 2.26. The first kappa shape index (κ1) is 21.6. The van der Waals surface area contributed by atoms with E-state index in [1.165, 1.54) is 16.7 Å². The van der Waals surface area contributed by atoms with Crippen molar-refractivity contribution in [1.29, 1.82) is 0 Å². The van der Waals surface area contributed by atoms with E-state index in [-0.39, 0.29) is 11.9 Å². The smallest absolute Gasteiger partial charge is 0.253 e. The Morgan fingerprint density at radius 2 is 1.72 bits per heavy atom. The summed E-state index contributed by atoms with van der Waals surface area (Å²) in [5, 5.41) is 0.644. The molecule has 1 unspecified atom stereocenters. The predicted octanol–water partition coefficient (Wildman–Crippen LogP) is 3.81. The number of hydrogen-bond acceptors (Lipinski definition) is 4. The Kier molecular flexibility index (Phi) is 7.17. The lowest BCUT2D eigenvalue weighted by atomic mass is 9.96. The molecule has 1 aliphatic heterocycles. The van der Waals surface area contributed by atoms with Gasteiger partial charge in [0.15, 0.2) is 0 Å². The Balaban J connectivity index is 1.64. The van der Waals surface area contributed by atoms with Crippen molar-refractivity contribution in [1.82, 2.24) is 9.80 Å². The van der Waals surface area contributed by atoms with Gasteiger partial charge in [0.1, 0.15) is 12.4 Å². The number of hydrogen-bond donors (Lipinski definition) is 1. The molecule has 2 aromatic rings. The van der Waals surface area contributed by atoms with Crippen LogP contribution < -0.4 is 10.5 Å². The Morgan fingerprint density at radius 1 is 1.07 bits per heavy atom. The van der Waals surface area contributed by atoms with E-state index in [0.717, 1.165) is 31.9 Å². The summed E-state index contributed by atoms with van der Waals surface area (Å²) >= 11 is 5.93. The van der Waals surface area contributed by atoms with Gasteiger partial charge in [-0.25, -0.2) is 0 Å². The Bertz CT molecular complexity index is 846. The zero-order valence-electron chi connectivity index (χ0n) is 17.5. The molecule has 2 N–H and O–H groups in total. The van der Waals surface area contributed by atoms with Gasteiger partial charge in [0.05, 0.1) is 0 Å². The van der Waals surface area contributed by atoms with Crippen LogP contribution in [0.3, 0.4) is 0 Å². The fourth-order valence-electron chi connectivity index (χ4n) is 3.88. The Morgan fingerprint density at radius 3 is 2.34 bits per heavy atom. The molecule has 156 valence electrons. The van der Waals surface area contributed by atoms with Crippen molar-refractivity contribution in [2.75, 3.05) is 39.3 Å². The molecule has 0 bridgehead atoms. The van der Waals surface area contributed by atoms with E-state index >= 15 is 0 Å². The predicted molar refractivity (Wildman–Crippen MR) is 118 cm³/mol. The fraction of sp³-hybridized carbons (Fsp3) is 0.435. The van der Waals surface area contributed by atoms with Crippen LogP contribution in [-0.4, -0.2) is 55.0 Å². The average molecular weight is 416 g/mol. The molecule has 1 saturated heterocycles. The van der Waals surface area contributed by atoms with Gasteiger partial charge in [0, 0.05) is 49.4 Å². The maximum absolute atomic E-state index is 12.7. The summed E-state index contributed by atoms with van der Waals surface area (Å²) in [5.74, 6) is 0.977. The van der Waals surface area contributed by atoms with E-state index in [1.807, 2.05) is 11.0 Å². The van der Waals surface area contributed by atoms with Gasteiger partial charge < -0.3 is 15.4 Å². The molecule has 29 heavy (non-hydrogen) atoms. The van der Waals surface area contributed by atoms with Crippen molar-refractivity contribution in [3.05, 3.63) is 63.7 Å². The van der Waals surface area contributed by atoms with Crippen molar-refractivity contribution in [2.24, 2.45) is 5.73 Å². The fourth-order valence-corrected chi connectivity index (χ4v) is 4.00. The van der Waals surface area contributed by atoms with Crippen molar-refractivity contribution in [3.63, 3.8) is 0 Å². The van der Waals surface area contributed by atoms with E-state index < -0.39 is 0 Å². The topological polar surface area (TPSA) is 58.8 Å². The van der Waals surface area contributed by atoms with E-state index in [4.69, 9.17) is 22.1 Å². The van der Waals surface area contributed by atoms with Gasteiger partial charge in [0.2, 0.25) is 0 Å². The number of halogens is 1. The molecule has 1 heterocycles. The molecular weight excluding hydrogens is 386 g/mol. The number of nitrogens with two attached hydrogens (primary N) is 1. The number of ether oxygens (including phenoxy) is 1. The second kappa shape index (κ2) is 9.61. The normalized spacial score (nSPS) is 16.0. The van der Waals surface area contributed by atoms with Crippen LogP contribution in [0, 0.1) is 13.8 Å². The summed E-state index contributed by atoms with van der Waals surface area (Å²) in [7, 11) is 0. The summed E-state index contributed by atoms with van der Waals surface area (Å²) in [4.78, 5) is 17.1. The number of amides is 1. The molecule has 5 nitrogen and oxygen atoms in total. The first-order valence-electron chi connectivity index (χ1n) is 10.1. The van der Waals surface area contributed by atoms with Crippen LogP contribution in [0.1, 0.15) is 40.0 Å². The van der Waals surface area contributed by atoms with Crippen LogP contribution >= 0.6 is 11.6 Å². The van der Waals surface area contributed by atoms with Crippen LogP contribution in [-0.2, 0) is 0 Å². The quantitative estimate of drug-likeness (QED) is 0.779. The number of piperazine rings is 1. The van der Waals surface area contributed by atoms with Crippen molar-refractivity contribution in [3.8, 4) is 5.75 Å². The molecule has 0 saturated carbocycles. The maximum Gasteiger partial charge on any atom is 0.253 e. The first-order chi connectivity index (χ1) is 13.9. The molecule has 1 atom stereocenters. The first-order valence-corrected chi connectivity index (χ1v) is 10.5. The largest absolute Gasteiger partial charge is 0.492 e. The third-order valence-electron chi connectivity index (χ3n) is 5.85. The maximum atomic E-state index is 12.7. The zero-order valence-corrected chi connectivity index (χ0v) is 18.2. The number of carbonyl (C=O) groups is 1. The molecular formula is C23H30ClN3O2. The standard InChI is InChI=1S/C23H30ClN3O2/c1-16-17(2)22(29-15-10-25)9-8-21(16)18(3)26-11-13-27(14-12-26)23(28)19-4-6-20(24)7-5-19/h4-9,18H,10-15,25H2,1-3H3. The highest BCUT2D eigenvalue weighted by Crippen LogP contribution is 2.31. The Hall–Kier alpha value is -2.08.